The van der Waals surface area contributed by atoms with E-state index in [2.05, 4.69) is 0 Å². The van der Waals surface area contributed by atoms with Gasteiger partial charge in [-0.05, 0) is 13.3 Å². The van der Waals surface area contributed by atoms with Crippen LogP contribution in [0.25, 0.3) is 0 Å². The van der Waals surface area contributed by atoms with Crippen LogP contribution in [0.5, 0.6) is 0 Å². The molecule has 0 aromatic rings. The molecule has 0 bridgehead atoms. The molecule has 0 aromatic heterocycles. The molecule has 0 unspecified atom stereocenters. The molecule has 0 aliphatic carbocycles. The molecule has 10 heavy (non-hydrogen) atoms. The molecule has 62 valence electrons. The minimum absolute atomic E-state index is 0. The van der Waals surface area contributed by atoms with Crippen molar-refractivity contribution in [2.45, 2.75) is 18.9 Å². The molecule has 2 N–H and O–H groups in total. The Labute approximate surface area is 68.8 Å². The smallest absolute Gasteiger partial charge is 1.00 e. The zero-order chi connectivity index (χ0) is 7.12. The molecule has 3 nitrogen and oxygen atoms in total. The molecule has 0 amide bonds. The molecule has 1 fully saturated rings. The number of hydrogen-bond donors (Lipinski definition) is 1. The van der Waals surface area contributed by atoms with Crippen LogP contribution in [-0.4, -0.2) is 25.5 Å². The third-order valence-electron chi connectivity index (χ3n) is 1.53. The molecule has 1 aliphatic heterocycles. The Hall–Kier alpha value is 0.200. The summed E-state index contributed by atoms with van der Waals surface area (Å²) in [7, 11) is -2.78. The molecule has 1 saturated heterocycles. The van der Waals surface area contributed by atoms with Gasteiger partial charge in [0.1, 0.15) is 0 Å². The van der Waals surface area contributed by atoms with Crippen LogP contribution in [0.1, 0.15) is 14.8 Å². The summed E-state index contributed by atoms with van der Waals surface area (Å²) >= 11 is 0. The standard InChI is InChI=1S/C5H11NO2S.ClH/c1-5(6)2-3-9(7,8)4-5;/h2-4,6H2,1H3;1H/t5-;/m1./s1. The molecule has 1 atom stereocenters. The van der Waals surface area contributed by atoms with Crippen molar-refractivity contribution in [3.05, 3.63) is 0 Å². The van der Waals surface area contributed by atoms with E-state index in [1.165, 1.54) is 0 Å². The van der Waals surface area contributed by atoms with Crippen molar-refractivity contribution in [2.24, 2.45) is 5.73 Å². The lowest BCUT2D eigenvalue weighted by molar-refractivity contribution is -0.00000499. The van der Waals surface area contributed by atoms with Crippen molar-refractivity contribution in [3.8, 4) is 0 Å². The Balaban J connectivity index is 0. The highest BCUT2D eigenvalue weighted by atomic mass is 35.5. The zero-order valence-corrected chi connectivity index (χ0v) is 7.37. The van der Waals surface area contributed by atoms with Gasteiger partial charge in [0.15, 0.2) is 9.84 Å². The molecule has 0 spiro atoms. The number of nitrogens with two attached hydrogens (primary N) is 1. The second-order valence-corrected chi connectivity index (χ2v) is 5.18. The fourth-order valence-electron chi connectivity index (χ4n) is 1.04. The van der Waals surface area contributed by atoms with E-state index < -0.39 is 15.4 Å². The molecule has 0 saturated carbocycles. The predicted molar refractivity (Wildman–Crippen MR) is 37.0 cm³/mol. The molecular formula is C5H12ClNO2S. The minimum atomic E-state index is -2.78. The summed E-state index contributed by atoms with van der Waals surface area (Å²) in [5, 5.41) is 0. The SMILES string of the molecule is C[C@@]1(N)CCS(=O)(=O)C1.[Cl-].[H+]. The topological polar surface area (TPSA) is 60.2 Å². The molecule has 0 aromatic carbocycles. The first-order valence-corrected chi connectivity index (χ1v) is 4.73. The second-order valence-electron chi connectivity index (χ2n) is 3.00. The second kappa shape index (κ2) is 2.68. The van der Waals surface area contributed by atoms with Crippen LogP contribution >= 0.6 is 0 Å². The van der Waals surface area contributed by atoms with Gasteiger partial charge in [-0.1, -0.05) is 0 Å². The Morgan fingerprint density at radius 2 is 2.10 bits per heavy atom. The summed E-state index contributed by atoms with van der Waals surface area (Å²) in [4.78, 5) is 0. The van der Waals surface area contributed by atoms with Gasteiger partial charge in [0.25, 0.3) is 0 Å². The molecule has 1 rings (SSSR count). The number of halogens is 1. The zero-order valence-electron chi connectivity index (χ0n) is 6.80. The van der Waals surface area contributed by atoms with Gasteiger partial charge < -0.3 is 18.1 Å². The van der Waals surface area contributed by atoms with E-state index in [0.29, 0.717) is 6.42 Å². The van der Waals surface area contributed by atoms with Gasteiger partial charge in [0.2, 0.25) is 0 Å². The maximum absolute atomic E-state index is 10.8. The average Bonchev–Trinajstić information content (AvgIpc) is 1.78. The summed E-state index contributed by atoms with van der Waals surface area (Å²) in [5.74, 6) is 0.417. The van der Waals surface area contributed by atoms with Crippen LogP contribution in [0.2, 0.25) is 0 Å². The largest absolute Gasteiger partial charge is 1.00 e. The molecule has 1 heterocycles. The van der Waals surface area contributed by atoms with Crippen LogP contribution < -0.4 is 18.1 Å². The van der Waals surface area contributed by atoms with Crippen molar-refractivity contribution in [1.29, 1.82) is 0 Å². The van der Waals surface area contributed by atoms with Gasteiger partial charge in [-0.3, -0.25) is 0 Å². The summed E-state index contributed by atoms with van der Waals surface area (Å²) in [5.41, 5.74) is 5.11. The molecule has 5 heteroatoms. The fourth-order valence-corrected chi connectivity index (χ4v) is 3.11. The van der Waals surface area contributed by atoms with E-state index in [0.717, 1.165) is 0 Å². The first kappa shape index (κ1) is 10.2. The molecule has 0 radical (unpaired) electrons. The van der Waals surface area contributed by atoms with Gasteiger partial charge in [-0.15, -0.1) is 0 Å². The summed E-state index contributed by atoms with van der Waals surface area (Å²) in [6.07, 6.45) is 0.606. The lowest BCUT2D eigenvalue weighted by Gasteiger charge is -2.12. The monoisotopic (exact) mass is 185 g/mol. The Morgan fingerprint density at radius 1 is 1.60 bits per heavy atom. The van der Waals surface area contributed by atoms with Gasteiger partial charge in [0, 0.05) is 5.54 Å². The van der Waals surface area contributed by atoms with Crippen molar-refractivity contribution in [3.63, 3.8) is 0 Å². The number of rotatable bonds is 0. The van der Waals surface area contributed by atoms with E-state index in [4.69, 9.17) is 5.73 Å². The number of sulfone groups is 1. The van der Waals surface area contributed by atoms with E-state index in [-0.39, 0.29) is 25.3 Å². The van der Waals surface area contributed by atoms with Crippen molar-refractivity contribution >= 4 is 9.84 Å². The van der Waals surface area contributed by atoms with Crippen LogP contribution in [-0.2, 0) is 9.84 Å². The highest BCUT2D eigenvalue weighted by Gasteiger charge is 2.34. The van der Waals surface area contributed by atoms with Crippen molar-refractivity contribution < 1.29 is 22.3 Å². The van der Waals surface area contributed by atoms with E-state index in [1.807, 2.05) is 0 Å². The summed E-state index contributed by atoms with van der Waals surface area (Å²) in [6.45, 7) is 1.78. The van der Waals surface area contributed by atoms with Crippen molar-refractivity contribution in [2.75, 3.05) is 11.5 Å². The first-order chi connectivity index (χ1) is 3.91. The van der Waals surface area contributed by atoms with Crippen molar-refractivity contribution in [1.82, 2.24) is 0 Å². The van der Waals surface area contributed by atoms with E-state index >= 15 is 0 Å². The Kier molecular flexibility index (Phi) is 2.73. The van der Waals surface area contributed by atoms with Crippen LogP contribution in [0.4, 0.5) is 0 Å². The van der Waals surface area contributed by atoms with Crippen LogP contribution in [0.3, 0.4) is 0 Å². The molecular weight excluding hydrogens is 174 g/mol. The van der Waals surface area contributed by atoms with Gasteiger partial charge in [0.05, 0.1) is 11.5 Å². The Bertz CT molecular complexity index is 215. The molecule has 1 aliphatic rings. The Morgan fingerprint density at radius 3 is 2.20 bits per heavy atom. The fraction of sp³-hybridized carbons (Fsp3) is 1.00. The van der Waals surface area contributed by atoms with E-state index in [9.17, 15) is 8.42 Å². The van der Waals surface area contributed by atoms with Crippen LogP contribution in [0.15, 0.2) is 0 Å². The predicted octanol–water partition coefficient (Wildman–Crippen LogP) is -3.36. The minimum Gasteiger partial charge on any atom is -1.00 e. The highest BCUT2D eigenvalue weighted by molar-refractivity contribution is 7.91. The normalized spacial score (nSPS) is 37.0. The average molecular weight is 186 g/mol. The quantitative estimate of drug-likeness (QED) is 0.429. The number of hydrogen-bond acceptors (Lipinski definition) is 3. The van der Waals surface area contributed by atoms with Gasteiger partial charge >= 0.3 is 1.43 Å². The van der Waals surface area contributed by atoms with Gasteiger partial charge in [-0.25, -0.2) is 8.42 Å². The third-order valence-corrected chi connectivity index (χ3v) is 3.46. The van der Waals surface area contributed by atoms with Gasteiger partial charge in [-0.2, -0.15) is 0 Å². The maximum Gasteiger partial charge on any atom is 1.00 e. The summed E-state index contributed by atoms with van der Waals surface area (Å²) in [6, 6.07) is 0. The highest BCUT2D eigenvalue weighted by Crippen LogP contribution is 2.19. The van der Waals surface area contributed by atoms with E-state index in [1.54, 1.807) is 6.92 Å². The lowest BCUT2D eigenvalue weighted by Crippen LogP contribution is -3.00. The third kappa shape index (κ3) is 2.44. The maximum atomic E-state index is 10.8. The first-order valence-electron chi connectivity index (χ1n) is 2.91. The summed E-state index contributed by atoms with van der Waals surface area (Å²) < 4.78 is 21.5. The lowest BCUT2D eigenvalue weighted by atomic mass is 10.1. The van der Waals surface area contributed by atoms with Crippen LogP contribution in [0, 0.1) is 0 Å².